The molecule has 0 saturated carbocycles. The zero-order chi connectivity index (χ0) is 12.0. The maximum atomic E-state index is 5.64. The van der Waals surface area contributed by atoms with Crippen LogP contribution in [-0.2, 0) is 13.6 Å². The van der Waals surface area contributed by atoms with Gasteiger partial charge in [0.15, 0.2) is 0 Å². The molecule has 0 aliphatic heterocycles. The molecule has 0 atom stereocenters. The van der Waals surface area contributed by atoms with Gasteiger partial charge in [0, 0.05) is 19.5 Å². The molecule has 16 heavy (non-hydrogen) atoms. The highest BCUT2D eigenvalue weighted by Crippen LogP contribution is 2.06. The van der Waals surface area contributed by atoms with Crippen LogP contribution in [0, 0.1) is 6.92 Å². The van der Waals surface area contributed by atoms with Gasteiger partial charge in [-0.05, 0) is 39.4 Å². The van der Waals surface area contributed by atoms with E-state index in [0.717, 1.165) is 31.1 Å². The van der Waals surface area contributed by atoms with Crippen molar-refractivity contribution in [2.75, 3.05) is 19.5 Å². The minimum absolute atomic E-state index is 0.782. The molecule has 0 N–H and O–H groups in total. The summed E-state index contributed by atoms with van der Waals surface area (Å²) in [5, 5.41) is 4.35. The van der Waals surface area contributed by atoms with Crippen LogP contribution in [0.2, 0.25) is 0 Å². The molecule has 4 heteroatoms. The molecule has 1 heterocycles. The van der Waals surface area contributed by atoms with Crippen LogP contribution in [-0.4, -0.2) is 34.2 Å². The Kier molecular flexibility index (Phi) is 5.85. The van der Waals surface area contributed by atoms with Crippen molar-refractivity contribution in [3.63, 3.8) is 0 Å². The van der Waals surface area contributed by atoms with Gasteiger partial charge >= 0.3 is 0 Å². The molecule has 0 aliphatic carbocycles. The number of aryl methyl sites for hydroxylation is 2. The van der Waals surface area contributed by atoms with E-state index >= 15 is 0 Å². The maximum absolute atomic E-state index is 5.64. The van der Waals surface area contributed by atoms with Gasteiger partial charge in [-0.15, -0.1) is 11.6 Å². The number of unbranched alkanes of at least 4 members (excludes halogenated alkanes) is 2. The molecule has 1 aromatic heterocycles. The van der Waals surface area contributed by atoms with E-state index in [9.17, 15) is 0 Å². The summed E-state index contributed by atoms with van der Waals surface area (Å²) in [5.41, 5.74) is 2.37. The molecule has 0 amide bonds. The lowest BCUT2D eigenvalue weighted by Gasteiger charge is -2.16. The molecule has 0 bridgehead atoms. The van der Waals surface area contributed by atoms with Gasteiger partial charge in [0.25, 0.3) is 0 Å². The fourth-order valence-corrected chi connectivity index (χ4v) is 2.01. The van der Waals surface area contributed by atoms with Gasteiger partial charge in [-0.1, -0.05) is 6.42 Å². The summed E-state index contributed by atoms with van der Waals surface area (Å²) in [5.74, 6) is 0.782. The number of halogens is 1. The number of aromatic nitrogens is 2. The number of hydrogen-bond acceptors (Lipinski definition) is 2. The molecule has 0 saturated heterocycles. The van der Waals surface area contributed by atoms with E-state index in [1.807, 2.05) is 18.7 Å². The van der Waals surface area contributed by atoms with Crippen LogP contribution in [0.25, 0.3) is 0 Å². The lowest BCUT2D eigenvalue weighted by Crippen LogP contribution is -2.20. The molecular weight excluding hydrogens is 222 g/mol. The third-order valence-electron chi connectivity index (χ3n) is 2.70. The second-order valence-electron chi connectivity index (χ2n) is 4.39. The van der Waals surface area contributed by atoms with Gasteiger partial charge in [0.05, 0.1) is 11.4 Å². The van der Waals surface area contributed by atoms with Crippen molar-refractivity contribution < 1.29 is 0 Å². The molecule has 0 aliphatic rings. The number of rotatable bonds is 7. The summed E-state index contributed by atoms with van der Waals surface area (Å²) in [4.78, 5) is 2.34. The predicted molar refractivity (Wildman–Crippen MR) is 68.9 cm³/mol. The standard InChI is InChI=1S/C12H22ClN3/c1-11-9-12(16(3)14-11)10-15(2)8-6-4-5-7-13/h9H,4-8,10H2,1-3H3. The molecule has 3 nitrogen and oxygen atoms in total. The zero-order valence-corrected chi connectivity index (χ0v) is 11.3. The molecule has 0 spiro atoms. The summed E-state index contributed by atoms with van der Waals surface area (Å²) < 4.78 is 1.96. The van der Waals surface area contributed by atoms with Gasteiger partial charge < -0.3 is 4.90 Å². The molecule has 0 aromatic carbocycles. The van der Waals surface area contributed by atoms with E-state index in [4.69, 9.17) is 11.6 Å². The minimum atomic E-state index is 0.782. The second kappa shape index (κ2) is 6.92. The monoisotopic (exact) mass is 243 g/mol. The molecule has 1 aromatic rings. The zero-order valence-electron chi connectivity index (χ0n) is 10.5. The normalized spacial score (nSPS) is 11.3. The van der Waals surface area contributed by atoms with Gasteiger partial charge in [-0.25, -0.2) is 0 Å². The SMILES string of the molecule is Cc1cc(CN(C)CCCCCCl)n(C)n1. The molecule has 0 radical (unpaired) electrons. The Morgan fingerprint density at radius 2 is 2.12 bits per heavy atom. The number of alkyl halides is 1. The molecule has 1 rings (SSSR count). The van der Waals surface area contributed by atoms with Gasteiger partial charge in [-0.2, -0.15) is 5.10 Å². The number of nitrogens with zero attached hydrogens (tertiary/aromatic N) is 3. The lowest BCUT2D eigenvalue weighted by atomic mass is 10.2. The third kappa shape index (κ3) is 4.54. The smallest absolute Gasteiger partial charge is 0.0597 e. The Bertz CT molecular complexity index is 309. The van der Waals surface area contributed by atoms with Gasteiger partial charge in [0.1, 0.15) is 0 Å². The fourth-order valence-electron chi connectivity index (χ4n) is 1.82. The van der Waals surface area contributed by atoms with Crippen molar-refractivity contribution in [2.24, 2.45) is 7.05 Å². The summed E-state index contributed by atoms with van der Waals surface area (Å²) in [6.07, 6.45) is 3.57. The van der Waals surface area contributed by atoms with E-state index in [1.54, 1.807) is 0 Å². The highest BCUT2D eigenvalue weighted by atomic mass is 35.5. The largest absolute Gasteiger partial charge is 0.301 e. The third-order valence-corrected chi connectivity index (χ3v) is 2.97. The summed E-state index contributed by atoms with van der Waals surface area (Å²) in [7, 11) is 4.16. The van der Waals surface area contributed by atoms with E-state index in [0.29, 0.717) is 0 Å². The van der Waals surface area contributed by atoms with Crippen LogP contribution in [0.1, 0.15) is 30.7 Å². The Balaban J connectivity index is 2.28. The predicted octanol–water partition coefficient (Wildman–Crippen LogP) is 2.57. The van der Waals surface area contributed by atoms with E-state index in [1.165, 1.54) is 18.5 Å². The second-order valence-corrected chi connectivity index (χ2v) is 4.77. The van der Waals surface area contributed by atoms with Crippen LogP contribution in [0.15, 0.2) is 6.07 Å². The summed E-state index contributed by atoms with van der Waals surface area (Å²) in [6.45, 7) is 4.13. The quantitative estimate of drug-likeness (QED) is 0.542. The van der Waals surface area contributed by atoms with Crippen molar-refractivity contribution in [3.05, 3.63) is 17.5 Å². The first-order valence-corrected chi connectivity index (χ1v) is 6.41. The fraction of sp³-hybridized carbons (Fsp3) is 0.750. The molecular formula is C12H22ClN3. The van der Waals surface area contributed by atoms with Crippen molar-refractivity contribution in [2.45, 2.75) is 32.7 Å². The van der Waals surface area contributed by atoms with Crippen molar-refractivity contribution in [3.8, 4) is 0 Å². The van der Waals surface area contributed by atoms with Gasteiger partial charge in [0.2, 0.25) is 0 Å². The van der Waals surface area contributed by atoms with E-state index in [2.05, 4.69) is 23.1 Å². The van der Waals surface area contributed by atoms with Crippen LogP contribution in [0.5, 0.6) is 0 Å². The van der Waals surface area contributed by atoms with Crippen LogP contribution in [0.4, 0.5) is 0 Å². The highest BCUT2D eigenvalue weighted by Gasteiger charge is 2.05. The minimum Gasteiger partial charge on any atom is -0.301 e. The molecule has 0 unspecified atom stereocenters. The van der Waals surface area contributed by atoms with Crippen LogP contribution in [0.3, 0.4) is 0 Å². The van der Waals surface area contributed by atoms with E-state index < -0.39 is 0 Å². The first kappa shape index (κ1) is 13.5. The average Bonchev–Trinajstić information content (AvgIpc) is 2.52. The highest BCUT2D eigenvalue weighted by molar-refractivity contribution is 6.17. The van der Waals surface area contributed by atoms with Crippen molar-refractivity contribution in [1.82, 2.24) is 14.7 Å². The van der Waals surface area contributed by atoms with E-state index in [-0.39, 0.29) is 0 Å². The summed E-state index contributed by atoms with van der Waals surface area (Å²) in [6, 6.07) is 2.15. The Morgan fingerprint density at radius 1 is 1.38 bits per heavy atom. The molecule has 92 valence electrons. The van der Waals surface area contributed by atoms with Gasteiger partial charge in [-0.3, -0.25) is 4.68 Å². The topological polar surface area (TPSA) is 21.1 Å². The lowest BCUT2D eigenvalue weighted by molar-refractivity contribution is 0.309. The van der Waals surface area contributed by atoms with Crippen molar-refractivity contribution in [1.29, 1.82) is 0 Å². The maximum Gasteiger partial charge on any atom is 0.0597 e. The summed E-state index contributed by atoms with van der Waals surface area (Å²) >= 11 is 5.64. The Labute approximate surface area is 103 Å². The van der Waals surface area contributed by atoms with Crippen LogP contribution >= 0.6 is 11.6 Å². The Hall–Kier alpha value is -0.540. The Morgan fingerprint density at radius 3 is 2.69 bits per heavy atom. The van der Waals surface area contributed by atoms with Crippen molar-refractivity contribution >= 4 is 11.6 Å². The first-order chi connectivity index (χ1) is 7.63. The number of hydrogen-bond donors (Lipinski definition) is 0. The molecule has 0 fully saturated rings. The first-order valence-electron chi connectivity index (χ1n) is 5.87. The van der Waals surface area contributed by atoms with Crippen LogP contribution < -0.4 is 0 Å². The average molecular weight is 244 g/mol.